The van der Waals surface area contributed by atoms with Crippen molar-refractivity contribution in [1.29, 1.82) is 0 Å². The van der Waals surface area contributed by atoms with Gasteiger partial charge in [0.1, 0.15) is 16.4 Å². The van der Waals surface area contributed by atoms with Crippen LogP contribution in [-0.4, -0.2) is 80.7 Å². The van der Waals surface area contributed by atoms with E-state index in [1.54, 1.807) is 45.0 Å². The number of para-hydroxylation sites is 1. The molecule has 0 aliphatic carbocycles. The van der Waals surface area contributed by atoms with Crippen LogP contribution < -0.4 is 9.47 Å². The molecule has 2 amide bonds. The zero-order valence-electron chi connectivity index (χ0n) is 31.2. The molecule has 2 fully saturated rings. The maximum absolute atomic E-state index is 14.9. The molecule has 5 rings (SSSR count). The number of piperidine rings is 2. The number of nitrogens with zero attached hydrogens (tertiary/aromatic N) is 3. The summed E-state index contributed by atoms with van der Waals surface area (Å²) in [5.74, 6) is -2.52. The quantitative estimate of drug-likeness (QED) is 0.131. The number of carbonyl (C=O) groups excluding carboxylic acids is 2. The minimum absolute atomic E-state index is 0.0175. The molecule has 1 aromatic carbocycles. The Morgan fingerprint density at radius 3 is 2.32 bits per heavy atom. The first-order chi connectivity index (χ1) is 26.2. The van der Waals surface area contributed by atoms with Crippen molar-refractivity contribution < 1.29 is 60.4 Å². The van der Waals surface area contributed by atoms with Crippen LogP contribution in [0.15, 0.2) is 54.2 Å². The number of carbonyl (C=O) groups is 3. The lowest BCUT2D eigenvalue weighted by molar-refractivity contribution is -0.163. The number of hydrogen-bond acceptors (Lipinski definition) is 8. The second-order valence-corrected chi connectivity index (χ2v) is 15.8. The average Bonchev–Trinajstić information content (AvgIpc) is 3.63. The highest BCUT2D eigenvalue weighted by molar-refractivity contribution is 7.10. The van der Waals surface area contributed by atoms with E-state index in [9.17, 15) is 50.9 Å². The summed E-state index contributed by atoms with van der Waals surface area (Å²) in [5, 5.41) is 22.5. The molecule has 306 valence electrons. The van der Waals surface area contributed by atoms with Gasteiger partial charge in [0.2, 0.25) is 5.60 Å². The summed E-state index contributed by atoms with van der Waals surface area (Å²) in [6.07, 6.45) is -6.61. The first-order valence-electron chi connectivity index (χ1n) is 18.4. The molecule has 0 unspecified atom stereocenters. The van der Waals surface area contributed by atoms with Gasteiger partial charge in [-0.3, -0.25) is 19.4 Å². The molecule has 0 radical (unpaired) electrons. The van der Waals surface area contributed by atoms with E-state index in [2.05, 4.69) is 4.98 Å². The molecule has 56 heavy (non-hydrogen) atoms. The van der Waals surface area contributed by atoms with Crippen LogP contribution in [0.3, 0.4) is 0 Å². The maximum atomic E-state index is 14.9. The Balaban J connectivity index is 1.44. The molecule has 3 aromatic rings. The number of hydrogen-bond donors (Lipinski definition) is 2. The molecular formula is C39H45F6N3O7S. The third kappa shape index (κ3) is 9.09. The summed E-state index contributed by atoms with van der Waals surface area (Å²) in [5.41, 5.74) is -5.89. The van der Waals surface area contributed by atoms with E-state index < -0.39 is 68.8 Å². The van der Waals surface area contributed by atoms with Gasteiger partial charge in [0.05, 0.1) is 34.8 Å². The van der Waals surface area contributed by atoms with Crippen LogP contribution in [0.4, 0.5) is 26.3 Å². The summed E-state index contributed by atoms with van der Waals surface area (Å²) >= 11 is 0.362. The Bertz CT molecular complexity index is 1880. The standard InChI is InChI=1S/C39H45F6N3O7S/c1-4-9-30-37(55-25-22-31(56-24-25)39(43,44)45,14-7-18-48(30)32(49)26-23-46-17-12-27(26)38(40,41)42)33(50)47-19-15-36(53,16-20-47)28-10-5-6-11-29(28)54-21-8-13-35(2,3)34(51)52/h5-6,10-12,17,22-24,30,53H,4,7-9,13-16,18-21H2,1-3H3,(H,51,52)/t30-,37+/m1/s1. The van der Waals surface area contributed by atoms with Gasteiger partial charge >= 0.3 is 18.3 Å². The average molecular weight is 814 g/mol. The Hall–Kier alpha value is -4.38. The van der Waals surface area contributed by atoms with Crippen molar-refractivity contribution in [3.05, 3.63) is 75.7 Å². The van der Waals surface area contributed by atoms with Gasteiger partial charge in [-0.25, -0.2) is 0 Å². The number of thiophene rings is 1. The van der Waals surface area contributed by atoms with E-state index in [0.717, 1.165) is 28.7 Å². The van der Waals surface area contributed by atoms with Crippen LogP contribution in [-0.2, 0) is 27.5 Å². The second-order valence-electron chi connectivity index (χ2n) is 14.9. The molecule has 10 nitrogen and oxygen atoms in total. The number of carboxylic acids is 1. The number of amides is 2. The summed E-state index contributed by atoms with van der Waals surface area (Å²) in [4.78, 5) is 45.8. The third-order valence-electron chi connectivity index (χ3n) is 10.6. The van der Waals surface area contributed by atoms with Gasteiger partial charge in [-0.1, -0.05) is 31.5 Å². The van der Waals surface area contributed by atoms with Gasteiger partial charge in [-0.2, -0.15) is 26.3 Å². The van der Waals surface area contributed by atoms with E-state index in [1.807, 2.05) is 0 Å². The number of ether oxygens (including phenoxy) is 2. The van der Waals surface area contributed by atoms with Crippen molar-refractivity contribution >= 4 is 29.1 Å². The summed E-state index contributed by atoms with van der Waals surface area (Å²) in [7, 11) is 0. The topological polar surface area (TPSA) is 130 Å². The SMILES string of the molecule is CCC[C@H]1N(C(=O)c2cnccc2C(F)(F)F)CCC[C@@]1(Oc1csc(C(F)(F)F)c1)C(=O)N1CCC(O)(c2ccccc2OCCCC(C)(C)C(=O)O)CC1. The van der Waals surface area contributed by atoms with Crippen molar-refractivity contribution in [3.63, 3.8) is 0 Å². The van der Waals surface area contributed by atoms with Crippen molar-refractivity contribution in [2.24, 2.45) is 5.41 Å². The molecule has 0 saturated carbocycles. The highest BCUT2D eigenvalue weighted by Gasteiger charge is 2.56. The minimum Gasteiger partial charge on any atom is -0.493 e. The molecule has 2 aliphatic rings. The number of pyridine rings is 1. The van der Waals surface area contributed by atoms with Gasteiger partial charge < -0.3 is 29.5 Å². The highest BCUT2D eigenvalue weighted by atomic mass is 32.1. The largest absolute Gasteiger partial charge is 0.493 e. The number of benzene rings is 1. The molecule has 2 saturated heterocycles. The van der Waals surface area contributed by atoms with Crippen molar-refractivity contribution in [2.75, 3.05) is 26.2 Å². The number of aliphatic carboxylic acids is 1. The monoisotopic (exact) mass is 813 g/mol. The van der Waals surface area contributed by atoms with Gasteiger partial charge in [0.15, 0.2) is 0 Å². The van der Waals surface area contributed by atoms with Gasteiger partial charge in [-0.05, 0) is 64.5 Å². The molecule has 2 aliphatic heterocycles. The smallest absolute Gasteiger partial charge is 0.425 e. The first kappa shape index (κ1) is 42.8. The number of alkyl halides is 6. The van der Waals surface area contributed by atoms with Crippen LogP contribution in [0, 0.1) is 5.41 Å². The van der Waals surface area contributed by atoms with E-state index in [1.165, 1.54) is 4.90 Å². The molecule has 4 heterocycles. The summed E-state index contributed by atoms with van der Waals surface area (Å²) in [6.45, 7) is 5.05. The fourth-order valence-corrected chi connectivity index (χ4v) is 8.18. The van der Waals surface area contributed by atoms with E-state index >= 15 is 0 Å². The Morgan fingerprint density at radius 1 is 1.00 bits per heavy atom. The Kier molecular flexibility index (Phi) is 12.7. The number of carboxylic acid groups (broad SMARTS) is 1. The number of aliphatic hydroxyl groups is 1. The van der Waals surface area contributed by atoms with Gasteiger partial charge in [0.25, 0.3) is 11.8 Å². The second kappa shape index (κ2) is 16.6. The fraction of sp³-hybridized carbons (Fsp3) is 0.538. The lowest BCUT2D eigenvalue weighted by Gasteiger charge is -2.51. The van der Waals surface area contributed by atoms with Crippen LogP contribution in [0.2, 0.25) is 0 Å². The van der Waals surface area contributed by atoms with Crippen molar-refractivity contribution in [3.8, 4) is 11.5 Å². The van der Waals surface area contributed by atoms with Crippen LogP contribution >= 0.6 is 11.3 Å². The zero-order chi connectivity index (χ0) is 41.1. The molecule has 17 heteroatoms. The predicted octanol–water partition coefficient (Wildman–Crippen LogP) is 8.18. The van der Waals surface area contributed by atoms with E-state index in [-0.39, 0.29) is 64.1 Å². The fourth-order valence-electron chi connectivity index (χ4n) is 7.50. The predicted molar refractivity (Wildman–Crippen MR) is 193 cm³/mol. The molecule has 2 atom stereocenters. The Labute approximate surface area is 324 Å². The van der Waals surface area contributed by atoms with Gasteiger partial charge in [0, 0.05) is 55.5 Å². The lowest BCUT2D eigenvalue weighted by atomic mass is 9.78. The molecule has 0 bridgehead atoms. The highest BCUT2D eigenvalue weighted by Crippen LogP contribution is 2.44. The van der Waals surface area contributed by atoms with E-state index in [4.69, 9.17) is 9.47 Å². The van der Waals surface area contributed by atoms with Crippen LogP contribution in [0.5, 0.6) is 11.5 Å². The Morgan fingerprint density at radius 2 is 1.70 bits per heavy atom. The molecule has 0 spiro atoms. The molecule has 2 aromatic heterocycles. The number of likely N-dealkylation sites (tertiary alicyclic amines) is 2. The minimum atomic E-state index is -4.90. The van der Waals surface area contributed by atoms with Crippen molar-refractivity contribution in [2.45, 2.75) is 102 Å². The van der Waals surface area contributed by atoms with E-state index in [0.29, 0.717) is 48.0 Å². The first-order valence-corrected chi connectivity index (χ1v) is 19.3. The molecule has 2 N–H and O–H groups in total. The summed E-state index contributed by atoms with van der Waals surface area (Å²) in [6, 6.07) is 7.09. The maximum Gasteiger partial charge on any atom is 0.425 e. The number of halogens is 6. The van der Waals surface area contributed by atoms with Crippen LogP contribution in [0.1, 0.15) is 98.5 Å². The van der Waals surface area contributed by atoms with Crippen molar-refractivity contribution in [1.82, 2.24) is 14.8 Å². The lowest BCUT2D eigenvalue weighted by Crippen LogP contribution is -2.68. The number of rotatable bonds is 13. The third-order valence-corrected chi connectivity index (χ3v) is 11.6. The van der Waals surface area contributed by atoms with Crippen LogP contribution in [0.25, 0.3) is 0 Å². The molecular weight excluding hydrogens is 768 g/mol. The number of aromatic nitrogens is 1. The normalized spacial score (nSPS) is 20.4. The van der Waals surface area contributed by atoms with Gasteiger partial charge in [-0.15, -0.1) is 11.3 Å². The summed E-state index contributed by atoms with van der Waals surface area (Å²) < 4.78 is 95.6. The zero-order valence-corrected chi connectivity index (χ0v) is 32.0.